The number of benzene rings is 2. The summed E-state index contributed by atoms with van der Waals surface area (Å²) in [6.07, 6.45) is 1.96. The number of rotatable bonds is 4. The fourth-order valence-electron chi connectivity index (χ4n) is 2.98. The molecule has 7 heteroatoms. The molecule has 0 unspecified atom stereocenters. The Morgan fingerprint density at radius 3 is 2.41 bits per heavy atom. The lowest BCUT2D eigenvalue weighted by Crippen LogP contribution is -2.28. The molecule has 29 heavy (non-hydrogen) atoms. The van der Waals surface area contributed by atoms with Crippen molar-refractivity contribution in [3.8, 4) is 0 Å². The average molecular weight is 407 g/mol. The van der Waals surface area contributed by atoms with Crippen LogP contribution in [0.25, 0.3) is 11.0 Å². The first-order chi connectivity index (χ1) is 13.9. The lowest BCUT2D eigenvalue weighted by molar-refractivity contribution is 0.627. The highest BCUT2D eigenvalue weighted by atomic mass is 32.1. The Hall–Kier alpha value is -3.19. The summed E-state index contributed by atoms with van der Waals surface area (Å²) < 4.78 is 14.7. The van der Waals surface area contributed by atoms with Crippen molar-refractivity contribution >= 4 is 22.4 Å². The first-order valence-corrected chi connectivity index (χ1v) is 10.0. The molecule has 0 saturated heterocycles. The molecule has 0 atom stereocenters. The minimum Gasteiger partial charge on any atom is -0.266 e. The largest absolute Gasteiger partial charge is 0.296 e. The van der Waals surface area contributed by atoms with Gasteiger partial charge in [-0.15, -0.1) is 0 Å². The van der Waals surface area contributed by atoms with Crippen LogP contribution in [0.2, 0.25) is 0 Å². The van der Waals surface area contributed by atoms with Crippen molar-refractivity contribution in [2.45, 2.75) is 26.2 Å². The smallest absolute Gasteiger partial charge is 0.266 e. The summed E-state index contributed by atoms with van der Waals surface area (Å²) in [4.78, 5) is 29.4. The summed E-state index contributed by atoms with van der Waals surface area (Å²) in [5.41, 5.74) is 2.19. The number of thiazole rings is 1. The van der Waals surface area contributed by atoms with Crippen LogP contribution in [0.5, 0.6) is 0 Å². The highest BCUT2D eigenvalue weighted by Crippen LogP contribution is 2.15. The third kappa shape index (κ3) is 4.00. The summed E-state index contributed by atoms with van der Waals surface area (Å²) >= 11 is 1.13. The summed E-state index contributed by atoms with van der Waals surface area (Å²) in [7, 11) is 0. The Bertz CT molecular complexity index is 1340. The van der Waals surface area contributed by atoms with E-state index in [9.17, 15) is 14.0 Å². The summed E-state index contributed by atoms with van der Waals surface area (Å²) in [5.74, 6) is 0.0793. The van der Waals surface area contributed by atoms with E-state index in [-0.39, 0.29) is 28.5 Å². The molecule has 2 heterocycles. The Balaban J connectivity index is 1.74. The van der Waals surface area contributed by atoms with Gasteiger partial charge in [0.05, 0.1) is 4.53 Å². The van der Waals surface area contributed by atoms with Crippen LogP contribution in [0.1, 0.15) is 42.1 Å². The van der Waals surface area contributed by atoms with Gasteiger partial charge in [-0.25, -0.2) is 4.39 Å². The maximum absolute atomic E-state index is 13.1. The number of aromatic nitrogens is 3. The molecule has 146 valence electrons. The van der Waals surface area contributed by atoms with E-state index in [4.69, 9.17) is 0 Å². The second kappa shape index (κ2) is 7.67. The van der Waals surface area contributed by atoms with Crippen molar-refractivity contribution in [1.82, 2.24) is 14.6 Å². The average Bonchev–Trinajstić information content (AvgIpc) is 2.99. The van der Waals surface area contributed by atoms with Gasteiger partial charge in [0.2, 0.25) is 4.96 Å². The van der Waals surface area contributed by atoms with Crippen molar-refractivity contribution in [1.29, 1.82) is 0 Å². The fraction of sp³-hybridized carbons (Fsp3) is 0.182. The molecule has 0 bridgehead atoms. The Labute approximate surface area is 169 Å². The van der Waals surface area contributed by atoms with E-state index in [0.717, 1.165) is 22.5 Å². The second-order valence-electron chi connectivity index (χ2n) is 7.10. The van der Waals surface area contributed by atoms with Gasteiger partial charge in [-0.1, -0.05) is 61.6 Å². The van der Waals surface area contributed by atoms with Gasteiger partial charge in [0.15, 0.2) is 0 Å². The molecule has 0 aliphatic rings. The van der Waals surface area contributed by atoms with Crippen molar-refractivity contribution in [3.05, 3.63) is 102 Å². The van der Waals surface area contributed by atoms with Crippen LogP contribution >= 0.6 is 11.3 Å². The van der Waals surface area contributed by atoms with Crippen molar-refractivity contribution in [2.24, 2.45) is 0 Å². The van der Waals surface area contributed by atoms with E-state index in [0.29, 0.717) is 10.5 Å². The lowest BCUT2D eigenvalue weighted by Gasteiger charge is -2.04. The third-order valence-corrected chi connectivity index (χ3v) is 5.60. The van der Waals surface area contributed by atoms with Gasteiger partial charge in [0, 0.05) is 6.42 Å². The topological polar surface area (TPSA) is 64.3 Å². The molecule has 2 aromatic carbocycles. The normalized spacial score (nSPS) is 12.2. The predicted octanol–water partition coefficient (Wildman–Crippen LogP) is 2.91. The Kier molecular flexibility index (Phi) is 5.07. The van der Waals surface area contributed by atoms with Gasteiger partial charge in [0.1, 0.15) is 11.5 Å². The highest BCUT2D eigenvalue weighted by Gasteiger charge is 2.12. The first-order valence-electron chi connectivity index (χ1n) is 9.19. The molecule has 0 fully saturated rings. The van der Waals surface area contributed by atoms with Gasteiger partial charge in [0.25, 0.3) is 11.1 Å². The lowest BCUT2D eigenvalue weighted by atomic mass is 10.0. The monoisotopic (exact) mass is 407 g/mol. The summed E-state index contributed by atoms with van der Waals surface area (Å²) in [5, 5.41) is 4.22. The zero-order chi connectivity index (χ0) is 20.5. The quantitative estimate of drug-likeness (QED) is 0.522. The Morgan fingerprint density at radius 1 is 1.07 bits per heavy atom. The fourth-order valence-corrected chi connectivity index (χ4v) is 3.88. The maximum Gasteiger partial charge on any atom is 0.296 e. The molecule has 4 aromatic rings. The number of nitrogens with zero attached hydrogens (tertiary/aromatic N) is 3. The first kappa shape index (κ1) is 19.1. The minimum atomic E-state index is -0.483. The van der Waals surface area contributed by atoms with Gasteiger partial charge >= 0.3 is 0 Å². The molecule has 0 radical (unpaired) electrons. The summed E-state index contributed by atoms with van der Waals surface area (Å²) in [6.45, 7) is 4.25. The number of halogens is 1. The van der Waals surface area contributed by atoms with Crippen LogP contribution in [-0.2, 0) is 6.42 Å². The molecule has 0 amide bonds. The van der Waals surface area contributed by atoms with Crippen LogP contribution in [0.3, 0.4) is 0 Å². The zero-order valence-corrected chi connectivity index (χ0v) is 16.7. The van der Waals surface area contributed by atoms with Crippen LogP contribution in [0, 0.1) is 5.82 Å². The van der Waals surface area contributed by atoms with Crippen molar-refractivity contribution in [2.75, 3.05) is 0 Å². The van der Waals surface area contributed by atoms with E-state index in [2.05, 4.69) is 23.9 Å². The molecule has 2 aromatic heterocycles. The number of fused-ring (bicyclic) bond motifs is 1. The van der Waals surface area contributed by atoms with Gasteiger partial charge in [-0.2, -0.15) is 14.6 Å². The van der Waals surface area contributed by atoms with E-state index >= 15 is 0 Å². The highest BCUT2D eigenvalue weighted by molar-refractivity contribution is 7.15. The van der Waals surface area contributed by atoms with Gasteiger partial charge < -0.3 is 0 Å². The predicted molar refractivity (Wildman–Crippen MR) is 112 cm³/mol. The SMILES string of the molecule is CC(C)c1ccc(/C=c2\sc3nc(=O)c(Cc4ccc(F)cc4)nn3c2=O)cc1. The molecule has 4 rings (SSSR count). The Morgan fingerprint density at radius 2 is 1.76 bits per heavy atom. The van der Waals surface area contributed by atoms with Crippen LogP contribution in [0.15, 0.2) is 58.1 Å². The molecule has 0 aliphatic carbocycles. The molecule has 0 spiro atoms. The molecule has 0 aliphatic heterocycles. The van der Waals surface area contributed by atoms with Crippen LogP contribution in [-0.4, -0.2) is 14.6 Å². The van der Waals surface area contributed by atoms with E-state index in [1.54, 1.807) is 18.2 Å². The maximum atomic E-state index is 13.1. The standard InChI is InChI=1S/C22H18FN3O2S/c1-13(2)16-7-3-15(4-8-16)12-19-21(28)26-22(29-19)24-20(27)18(25-26)11-14-5-9-17(23)10-6-14/h3-10,12-13H,11H2,1-2H3/b19-12-. The second-order valence-corrected chi connectivity index (χ2v) is 8.11. The van der Waals surface area contributed by atoms with E-state index in [1.807, 2.05) is 24.3 Å². The zero-order valence-electron chi connectivity index (χ0n) is 15.9. The van der Waals surface area contributed by atoms with Crippen molar-refractivity contribution in [3.63, 3.8) is 0 Å². The van der Waals surface area contributed by atoms with E-state index in [1.165, 1.54) is 22.2 Å². The molecule has 5 nitrogen and oxygen atoms in total. The molecular formula is C22H18FN3O2S. The molecular weight excluding hydrogens is 389 g/mol. The summed E-state index contributed by atoms with van der Waals surface area (Å²) in [6, 6.07) is 13.8. The molecule has 0 saturated carbocycles. The van der Waals surface area contributed by atoms with Gasteiger partial charge in [-0.3, -0.25) is 9.59 Å². The number of hydrogen-bond acceptors (Lipinski definition) is 5. The molecule has 0 N–H and O–H groups in total. The number of hydrogen-bond donors (Lipinski definition) is 0. The van der Waals surface area contributed by atoms with Crippen LogP contribution in [0.4, 0.5) is 4.39 Å². The van der Waals surface area contributed by atoms with Crippen LogP contribution < -0.4 is 15.7 Å². The van der Waals surface area contributed by atoms with Crippen molar-refractivity contribution < 1.29 is 4.39 Å². The minimum absolute atomic E-state index is 0.150. The van der Waals surface area contributed by atoms with E-state index < -0.39 is 5.56 Å². The van der Waals surface area contributed by atoms with Gasteiger partial charge in [-0.05, 0) is 40.8 Å². The third-order valence-electron chi connectivity index (χ3n) is 4.64.